The number of piperidine rings is 2. The number of nitrogens with one attached hydrogen (secondary N) is 2. The first kappa shape index (κ1) is 32.6. The number of carbonyl (C=O) groups excluding carboxylic acids is 5. The maximum absolute atomic E-state index is 12.9. The summed E-state index contributed by atoms with van der Waals surface area (Å²) in [4.78, 5) is 74.9. The Morgan fingerprint density at radius 3 is 2.67 bits per heavy atom. The number of carbonyl (C=O) groups is 5. The van der Waals surface area contributed by atoms with Crippen molar-refractivity contribution in [1.82, 2.24) is 40.2 Å². The number of benzene rings is 2. The molecule has 252 valence electrons. The first-order valence-electron chi connectivity index (χ1n) is 16.5. The zero-order chi connectivity index (χ0) is 34.1. The van der Waals surface area contributed by atoms with Crippen molar-refractivity contribution in [3.63, 3.8) is 0 Å². The highest BCUT2D eigenvalue weighted by molar-refractivity contribution is 9.10. The van der Waals surface area contributed by atoms with Crippen molar-refractivity contribution in [1.29, 1.82) is 0 Å². The molecule has 4 aromatic rings. The monoisotopic (exact) mass is 726 g/mol. The van der Waals surface area contributed by atoms with Gasteiger partial charge in [0, 0.05) is 67.2 Å². The number of fused-ring (bicyclic) bond motifs is 2. The highest BCUT2D eigenvalue weighted by Crippen LogP contribution is 2.29. The van der Waals surface area contributed by atoms with Crippen molar-refractivity contribution in [2.24, 2.45) is 0 Å². The first-order valence-corrected chi connectivity index (χ1v) is 17.3. The molecule has 5 amide bonds. The van der Waals surface area contributed by atoms with E-state index < -0.39 is 11.9 Å². The van der Waals surface area contributed by atoms with E-state index in [2.05, 4.69) is 36.6 Å². The fraction of sp³-hybridized carbons (Fsp3) is 0.371. The third kappa shape index (κ3) is 6.95. The number of imide groups is 1. The van der Waals surface area contributed by atoms with E-state index in [1.165, 1.54) is 4.90 Å². The van der Waals surface area contributed by atoms with Gasteiger partial charge < -0.3 is 15.1 Å². The summed E-state index contributed by atoms with van der Waals surface area (Å²) < 4.78 is 2.85. The summed E-state index contributed by atoms with van der Waals surface area (Å²) in [7, 11) is 0. The van der Waals surface area contributed by atoms with E-state index in [0.29, 0.717) is 44.5 Å². The molecule has 14 heteroatoms. The number of para-hydroxylation sites is 1. The Hall–Kier alpha value is -4.98. The van der Waals surface area contributed by atoms with Gasteiger partial charge in [-0.05, 0) is 70.9 Å². The van der Waals surface area contributed by atoms with Gasteiger partial charge in [-0.15, -0.1) is 0 Å². The Morgan fingerprint density at radius 2 is 1.86 bits per heavy atom. The Labute approximate surface area is 290 Å². The number of halogens is 1. The molecule has 2 aromatic heterocycles. The maximum Gasteiger partial charge on any atom is 0.255 e. The van der Waals surface area contributed by atoms with Gasteiger partial charge in [-0.1, -0.05) is 18.2 Å². The second-order valence-electron chi connectivity index (χ2n) is 12.7. The van der Waals surface area contributed by atoms with Crippen LogP contribution in [-0.4, -0.2) is 78.2 Å². The van der Waals surface area contributed by atoms with Crippen molar-refractivity contribution in [3.05, 3.63) is 76.2 Å². The second-order valence-corrected chi connectivity index (χ2v) is 13.6. The predicted octanol–water partition coefficient (Wildman–Crippen LogP) is 3.67. The molecule has 0 saturated carbocycles. The molecule has 1 unspecified atom stereocenters. The Kier molecular flexibility index (Phi) is 9.21. The molecule has 5 heterocycles. The van der Waals surface area contributed by atoms with E-state index in [1.807, 2.05) is 40.0 Å². The topological polar surface area (TPSA) is 159 Å². The van der Waals surface area contributed by atoms with Crippen LogP contribution in [0, 0.1) is 0 Å². The van der Waals surface area contributed by atoms with Crippen LogP contribution in [0.2, 0.25) is 0 Å². The lowest BCUT2D eigenvalue weighted by molar-refractivity contribution is -0.137. The quantitative estimate of drug-likeness (QED) is 0.247. The largest absolute Gasteiger partial charge is 0.352 e. The number of likely N-dealkylation sites (tertiary alicyclic amines) is 1. The molecule has 3 aliphatic rings. The number of rotatable bonds is 9. The predicted molar refractivity (Wildman–Crippen MR) is 181 cm³/mol. The highest BCUT2D eigenvalue weighted by Gasteiger charge is 2.39. The molecule has 7 rings (SSSR count). The van der Waals surface area contributed by atoms with Crippen molar-refractivity contribution in [2.45, 2.75) is 70.1 Å². The lowest BCUT2D eigenvalue weighted by Crippen LogP contribution is -2.52. The average molecular weight is 728 g/mol. The highest BCUT2D eigenvalue weighted by atomic mass is 79.9. The average Bonchev–Trinajstić information content (AvgIpc) is 3.72. The van der Waals surface area contributed by atoms with Gasteiger partial charge in [0.2, 0.25) is 23.6 Å². The smallest absolute Gasteiger partial charge is 0.255 e. The zero-order valence-corrected chi connectivity index (χ0v) is 28.3. The molecule has 2 saturated heterocycles. The standard InChI is InChI=1S/C35H35BrN8O5/c36-26-3-1-4-27-33(26)40-28(18-37-27)23-17-39-44(20-23)24-11-13-42(14-12-24)32(47)6-2-5-30(45)38-16-21-7-8-25-22(15-21)19-43(35(25)49)29-9-10-31(46)41-34(29)48/h1,3-4,7-8,15,17-18,20,24,29H,2,5-6,9-14,16,19H2,(H,38,45)(H,41,46,48). The van der Waals surface area contributed by atoms with Crippen LogP contribution in [0.4, 0.5) is 0 Å². The number of amides is 5. The summed E-state index contributed by atoms with van der Waals surface area (Å²) in [5.74, 6) is -1.10. The molecular formula is C35H35BrN8O5. The second kappa shape index (κ2) is 13.9. The van der Waals surface area contributed by atoms with Crippen molar-refractivity contribution < 1.29 is 24.0 Å². The number of hydrogen-bond acceptors (Lipinski definition) is 8. The molecule has 49 heavy (non-hydrogen) atoms. The van der Waals surface area contributed by atoms with Gasteiger partial charge in [-0.2, -0.15) is 5.10 Å². The summed E-state index contributed by atoms with van der Waals surface area (Å²) in [6.07, 6.45) is 8.64. The normalized spacial score (nSPS) is 18.1. The molecule has 2 aromatic carbocycles. The SMILES string of the molecule is O=C(CCCC(=O)N1CCC(n2cc(-c3cnc4cccc(Br)c4n3)cn2)CC1)NCc1ccc2c(c1)CN(C1CCC(=O)NC1=O)C2=O. The minimum atomic E-state index is -0.667. The van der Waals surface area contributed by atoms with Crippen LogP contribution >= 0.6 is 15.9 Å². The van der Waals surface area contributed by atoms with Crippen LogP contribution in [-0.2, 0) is 32.3 Å². The molecule has 13 nitrogen and oxygen atoms in total. The summed E-state index contributed by atoms with van der Waals surface area (Å²) >= 11 is 3.55. The summed E-state index contributed by atoms with van der Waals surface area (Å²) in [5.41, 5.74) is 5.43. The number of aromatic nitrogens is 4. The molecule has 2 fully saturated rings. The molecule has 0 bridgehead atoms. The van der Waals surface area contributed by atoms with E-state index in [9.17, 15) is 24.0 Å². The fourth-order valence-corrected chi connectivity index (χ4v) is 7.22. The van der Waals surface area contributed by atoms with Crippen LogP contribution < -0.4 is 10.6 Å². The molecule has 1 atom stereocenters. The van der Waals surface area contributed by atoms with Crippen molar-refractivity contribution in [3.8, 4) is 11.3 Å². The van der Waals surface area contributed by atoms with Gasteiger partial charge >= 0.3 is 0 Å². The van der Waals surface area contributed by atoms with Gasteiger partial charge in [0.05, 0.1) is 29.6 Å². The van der Waals surface area contributed by atoms with Crippen molar-refractivity contribution in [2.75, 3.05) is 13.1 Å². The van der Waals surface area contributed by atoms with Crippen LogP contribution in [0.3, 0.4) is 0 Å². The van der Waals surface area contributed by atoms with E-state index in [4.69, 9.17) is 4.98 Å². The maximum atomic E-state index is 12.9. The van der Waals surface area contributed by atoms with Gasteiger partial charge in [0.25, 0.3) is 5.91 Å². The molecule has 3 aliphatic heterocycles. The van der Waals surface area contributed by atoms with Gasteiger partial charge in [0.1, 0.15) is 11.6 Å². The Morgan fingerprint density at radius 1 is 1.02 bits per heavy atom. The Bertz CT molecular complexity index is 1970. The number of hydrogen-bond donors (Lipinski definition) is 2. The van der Waals surface area contributed by atoms with Gasteiger partial charge in [-0.3, -0.25) is 39.0 Å². The Balaban J connectivity index is 0.834. The zero-order valence-electron chi connectivity index (χ0n) is 26.7. The molecule has 2 N–H and O–H groups in total. The van der Waals surface area contributed by atoms with Crippen LogP contribution in [0.1, 0.15) is 72.5 Å². The van der Waals surface area contributed by atoms with E-state index in [-0.39, 0.29) is 49.1 Å². The molecule has 0 aliphatic carbocycles. The minimum Gasteiger partial charge on any atom is -0.352 e. The lowest BCUT2D eigenvalue weighted by Gasteiger charge is -2.32. The van der Waals surface area contributed by atoms with Crippen molar-refractivity contribution >= 4 is 56.5 Å². The lowest BCUT2D eigenvalue weighted by atomic mass is 10.0. The summed E-state index contributed by atoms with van der Waals surface area (Å²) in [6, 6.07) is 10.7. The van der Waals surface area contributed by atoms with Gasteiger partial charge in [0.15, 0.2) is 0 Å². The van der Waals surface area contributed by atoms with E-state index in [0.717, 1.165) is 50.7 Å². The summed E-state index contributed by atoms with van der Waals surface area (Å²) in [5, 5.41) is 9.81. The van der Waals surface area contributed by atoms with Crippen LogP contribution in [0.25, 0.3) is 22.3 Å². The molecule has 0 radical (unpaired) electrons. The van der Waals surface area contributed by atoms with Crippen LogP contribution in [0.5, 0.6) is 0 Å². The number of nitrogens with zero attached hydrogens (tertiary/aromatic N) is 6. The van der Waals surface area contributed by atoms with E-state index >= 15 is 0 Å². The minimum absolute atomic E-state index is 0.0493. The fourth-order valence-electron chi connectivity index (χ4n) is 6.77. The van der Waals surface area contributed by atoms with E-state index in [1.54, 1.807) is 24.5 Å². The van der Waals surface area contributed by atoms with Gasteiger partial charge in [-0.25, -0.2) is 4.98 Å². The third-order valence-electron chi connectivity index (χ3n) is 9.48. The summed E-state index contributed by atoms with van der Waals surface area (Å²) in [6.45, 7) is 1.84. The molecular weight excluding hydrogens is 692 g/mol. The van der Waals surface area contributed by atoms with Crippen LogP contribution in [0.15, 0.2) is 59.5 Å². The first-order chi connectivity index (χ1) is 23.7. The third-order valence-corrected chi connectivity index (χ3v) is 10.1. The molecule has 0 spiro atoms.